The molecule has 3 nitrogen and oxygen atoms in total. The SMILES string of the molecule is CC(C)COCc1ccc(Oc2ccc(COCC(C)C)cc2)cc1. The summed E-state index contributed by atoms with van der Waals surface area (Å²) >= 11 is 0. The van der Waals surface area contributed by atoms with Crippen molar-refractivity contribution in [2.45, 2.75) is 40.9 Å². The zero-order valence-corrected chi connectivity index (χ0v) is 15.8. The van der Waals surface area contributed by atoms with Crippen LogP contribution in [-0.2, 0) is 22.7 Å². The molecule has 0 spiro atoms. The third-order valence-corrected chi connectivity index (χ3v) is 3.52. The van der Waals surface area contributed by atoms with E-state index in [1.54, 1.807) is 0 Å². The van der Waals surface area contributed by atoms with E-state index in [-0.39, 0.29) is 0 Å². The van der Waals surface area contributed by atoms with E-state index < -0.39 is 0 Å². The van der Waals surface area contributed by atoms with Crippen LogP contribution >= 0.6 is 0 Å². The highest BCUT2D eigenvalue weighted by Gasteiger charge is 2.01. The first-order valence-corrected chi connectivity index (χ1v) is 9.04. The lowest BCUT2D eigenvalue weighted by Gasteiger charge is -2.10. The molecular formula is C22H30O3. The van der Waals surface area contributed by atoms with Gasteiger partial charge in [0, 0.05) is 13.2 Å². The van der Waals surface area contributed by atoms with Crippen LogP contribution in [-0.4, -0.2) is 13.2 Å². The summed E-state index contributed by atoms with van der Waals surface area (Å²) in [5.41, 5.74) is 2.32. The first-order valence-electron chi connectivity index (χ1n) is 9.04. The van der Waals surface area contributed by atoms with Crippen LogP contribution in [0, 0.1) is 11.8 Å². The fraction of sp³-hybridized carbons (Fsp3) is 0.455. The Bertz CT molecular complexity index is 545. The Morgan fingerprint density at radius 2 is 0.960 bits per heavy atom. The van der Waals surface area contributed by atoms with Gasteiger partial charge in [-0.25, -0.2) is 0 Å². The molecule has 0 bridgehead atoms. The Kier molecular flexibility index (Phi) is 7.96. The van der Waals surface area contributed by atoms with E-state index in [1.807, 2.05) is 48.5 Å². The normalized spacial score (nSPS) is 11.3. The van der Waals surface area contributed by atoms with Gasteiger partial charge in [0.1, 0.15) is 11.5 Å². The minimum atomic E-state index is 0.557. The van der Waals surface area contributed by atoms with Gasteiger partial charge in [0.05, 0.1) is 13.2 Å². The average Bonchev–Trinajstić information content (AvgIpc) is 2.57. The molecule has 0 fully saturated rings. The Hall–Kier alpha value is -1.84. The van der Waals surface area contributed by atoms with Crippen LogP contribution in [0.25, 0.3) is 0 Å². The zero-order chi connectivity index (χ0) is 18.1. The monoisotopic (exact) mass is 342 g/mol. The van der Waals surface area contributed by atoms with E-state index in [0.29, 0.717) is 25.0 Å². The first-order chi connectivity index (χ1) is 12.0. The summed E-state index contributed by atoms with van der Waals surface area (Å²) in [6, 6.07) is 16.1. The Morgan fingerprint density at radius 1 is 0.600 bits per heavy atom. The van der Waals surface area contributed by atoms with Crippen molar-refractivity contribution in [2.75, 3.05) is 13.2 Å². The number of benzene rings is 2. The Balaban J connectivity index is 1.81. The highest BCUT2D eigenvalue weighted by Crippen LogP contribution is 2.22. The molecule has 2 aromatic rings. The molecule has 3 heteroatoms. The lowest BCUT2D eigenvalue weighted by Crippen LogP contribution is -2.01. The molecule has 0 heterocycles. The van der Waals surface area contributed by atoms with Gasteiger partial charge in [-0.05, 0) is 47.2 Å². The highest BCUT2D eigenvalue weighted by atomic mass is 16.5. The zero-order valence-electron chi connectivity index (χ0n) is 15.8. The third-order valence-electron chi connectivity index (χ3n) is 3.52. The van der Waals surface area contributed by atoms with Gasteiger partial charge >= 0.3 is 0 Å². The quantitative estimate of drug-likeness (QED) is 0.544. The van der Waals surface area contributed by atoms with Gasteiger partial charge in [0.15, 0.2) is 0 Å². The Labute approximate surface area is 151 Å². The molecule has 0 aliphatic heterocycles. The summed E-state index contributed by atoms with van der Waals surface area (Å²) in [7, 11) is 0. The molecule has 2 aromatic carbocycles. The molecule has 0 saturated carbocycles. The van der Waals surface area contributed by atoms with Crippen LogP contribution in [0.3, 0.4) is 0 Å². The van der Waals surface area contributed by atoms with Gasteiger partial charge < -0.3 is 14.2 Å². The molecule has 0 amide bonds. The number of hydrogen-bond donors (Lipinski definition) is 0. The number of ether oxygens (including phenoxy) is 3. The molecule has 25 heavy (non-hydrogen) atoms. The predicted molar refractivity (Wildman–Crippen MR) is 102 cm³/mol. The van der Waals surface area contributed by atoms with E-state index in [0.717, 1.165) is 35.8 Å². The standard InChI is InChI=1S/C22H30O3/c1-17(2)13-23-15-19-5-9-21(10-6-19)25-22-11-7-20(8-12-22)16-24-14-18(3)4/h5-12,17-18H,13-16H2,1-4H3. The predicted octanol–water partition coefficient (Wildman–Crippen LogP) is 5.82. The maximum absolute atomic E-state index is 5.89. The lowest BCUT2D eigenvalue weighted by atomic mass is 10.2. The van der Waals surface area contributed by atoms with Crippen molar-refractivity contribution >= 4 is 0 Å². The van der Waals surface area contributed by atoms with E-state index in [4.69, 9.17) is 14.2 Å². The van der Waals surface area contributed by atoms with Gasteiger partial charge in [0.2, 0.25) is 0 Å². The molecular weight excluding hydrogens is 312 g/mol. The van der Waals surface area contributed by atoms with Crippen LogP contribution in [0.4, 0.5) is 0 Å². The van der Waals surface area contributed by atoms with Gasteiger partial charge in [-0.2, -0.15) is 0 Å². The molecule has 0 N–H and O–H groups in total. The fourth-order valence-electron chi connectivity index (χ4n) is 2.27. The van der Waals surface area contributed by atoms with Gasteiger partial charge in [-0.3, -0.25) is 0 Å². The smallest absolute Gasteiger partial charge is 0.127 e. The molecule has 0 aliphatic carbocycles. The molecule has 0 aliphatic rings. The van der Waals surface area contributed by atoms with Crippen molar-refractivity contribution in [3.8, 4) is 11.5 Å². The summed E-state index contributed by atoms with van der Waals surface area (Å²) in [5.74, 6) is 2.77. The molecule has 0 radical (unpaired) electrons. The highest BCUT2D eigenvalue weighted by molar-refractivity contribution is 5.34. The summed E-state index contributed by atoms with van der Waals surface area (Å²) < 4.78 is 17.2. The van der Waals surface area contributed by atoms with Gasteiger partial charge in [-0.1, -0.05) is 52.0 Å². The van der Waals surface area contributed by atoms with Crippen LogP contribution in [0.15, 0.2) is 48.5 Å². The first kappa shape index (κ1) is 19.5. The van der Waals surface area contributed by atoms with Crippen LogP contribution < -0.4 is 4.74 Å². The fourth-order valence-corrected chi connectivity index (χ4v) is 2.27. The molecule has 0 atom stereocenters. The molecule has 0 aromatic heterocycles. The number of rotatable bonds is 10. The van der Waals surface area contributed by atoms with Crippen LogP contribution in [0.5, 0.6) is 11.5 Å². The van der Waals surface area contributed by atoms with E-state index in [2.05, 4.69) is 27.7 Å². The van der Waals surface area contributed by atoms with Crippen molar-refractivity contribution in [3.05, 3.63) is 59.7 Å². The van der Waals surface area contributed by atoms with Gasteiger partial charge in [0.25, 0.3) is 0 Å². The van der Waals surface area contributed by atoms with Crippen LogP contribution in [0.1, 0.15) is 38.8 Å². The maximum Gasteiger partial charge on any atom is 0.127 e. The minimum absolute atomic E-state index is 0.557. The van der Waals surface area contributed by atoms with Crippen LogP contribution in [0.2, 0.25) is 0 Å². The molecule has 0 saturated heterocycles. The maximum atomic E-state index is 5.89. The largest absolute Gasteiger partial charge is 0.457 e. The van der Waals surface area contributed by atoms with Crippen molar-refractivity contribution in [2.24, 2.45) is 11.8 Å². The molecule has 136 valence electrons. The van der Waals surface area contributed by atoms with Gasteiger partial charge in [-0.15, -0.1) is 0 Å². The summed E-state index contributed by atoms with van der Waals surface area (Å²) in [6.45, 7) is 11.5. The van der Waals surface area contributed by atoms with Crippen molar-refractivity contribution in [3.63, 3.8) is 0 Å². The molecule has 0 unspecified atom stereocenters. The average molecular weight is 342 g/mol. The number of hydrogen-bond acceptors (Lipinski definition) is 3. The second kappa shape index (κ2) is 10.2. The second-order valence-corrected chi connectivity index (χ2v) is 7.21. The van der Waals surface area contributed by atoms with E-state index in [9.17, 15) is 0 Å². The topological polar surface area (TPSA) is 27.7 Å². The van der Waals surface area contributed by atoms with E-state index in [1.165, 1.54) is 0 Å². The molecule has 2 rings (SSSR count). The van der Waals surface area contributed by atoms with E-state index >= 15 is 0 Å². The summed E-state index contributed by atoms with van der Waals surface area (Å²) in [6.07, 6.45) is 0. The summed E-state index contributed by atoms with van der Waals surface area (Å²) in [4.78, 5) is 0. The summed E-state index contributed by atoms with van der Waals surface area (Å²) in [5, 5.41) is 0. The lowest BCUT2D eigenvalue weighted by molar-refractivity contribution is 0.0970. The van der Waals surface area contributed by atoms with Crippen molar-refractivity contribution in [1.29, 1.82) is 0 Å². The third kappa shape index (κ3) is 7.72. The van der Waals surface area contributed by atoms with Crippen molar-refractivity contribution in [1.82, 2.24) is 0 Å². The minimum Gasteiger partial charge on any atom is -0.457 e. The van der Waals surface area contributed by atoms with Crippen molar-refractivity contribution < 1.29 is 14.2 Å². The Morgan fingerprint density at radius 3 is 1.28 bits per heavy atom. The second-order valence-electron chi connectivity index (χ2n) is 7.21.